The first-order chi connectivity index (χ1) is 12.2. The Kier molecular flexibility index (Phi) is 6.75. The number of carbonyl (C=O) groups is 1. The fraction of sp³-hybridized carbons (Fsp3) is 0.611. The number of hydrogen-bond donors (Lipinski definition) is 1. The van der Waals surface area contributed by atoms with Crippen LogP contribution < -0.4 is 9.84 Å². The highest BCUT2D eigenvalue weighted by Gasteiger charge is 2.38. The fourth-order valence-corrected chi connectivity index (χ4v) is 3.64. The number of benzene rings is 1. The van der Waals surface area contributed by atoms with Crippen molar-refractivity contribution < 1.29 is 37.4 Å². The van der Waals surface area contributed by atoms with E-state index >= 15 is 0 Å². The number of alkyl halides is 3. The van der Waals surface area contributed by atoms with E-state index < -0.39 is 12.1 Å². The van der Waals surface area contributed by atoms with Crippen molar-refractivity contribution in [2.75, 3.05) is 32.8 Å². The van der Waals surface area contributed by atoms with Crippen molar-refractivity contribution in [3.63, 3.8) is 0 Å². The van der Waals surface area contributed by atoms with E-state index in [9.17, 15) is 18.3 Å². The Bertz CT molecular complexity index is 585. The number of carboxylic acids is 1. The van der Waals surface area contributed by atoms with E-state index in [1.165, 1.54) is 49.9 Å². The van der Waals surface area contributed by atoms with Gasteiger partial charge in [0.1, 0.15) is 17.5 Å². The minimum atomic E-state index is -5.19. The lowest BCUT2D eigenvalue weighted by molar-refractivity contribution is -0.942. The van der Waals surface area contributed by atoms with Crippen LogP contribution in [0.4, 0.5) is 13.2 Å². The molecular weight excluding hydrogens is 351 g/mol. The van der Waals surface area contributed by atoms with Gasteiger partial charge in [-0.25, -0.2) is 0 Å². The first-order valence-corrected chi connectivity index (χ1v) is 8.75. The van der Waals surface area contributed by atoms with Crippen molar-refractivity contribution in [2.24, 2.45) is 5.92 Å². The summed E-state index contributed by atoms with van der Waals surface area (Å²) in [5.74, 6) is -0.925. The molecule has 146 valence electrons. The number of carbonyl (C=O) groups excluding carboxylic acids is 1. The predicted octanol–water partition coefficient (Wildman–Crippen LogP) is 2.09. The summed E-state index contributed by atoms with van der Waals surface area (Å²) in [6.07, 6.45) is 0.231. The fourth-order valence-electron chi connectivity index (χ4n) is 3.64. The molecule has 0 atom stereocenters. The average Bonchev–Trinajstić information content (AvgIpc) is 2.60. The van der Waals surface area contributed by atoms with Crippen molar-refractivity contribution in [3.8, 4) is 11.5 Å². The third-order valence-electron chi connectivity index (χ3n) is 5.13. The molecule has 4 rings (SSSR count). The van der Waals surface area contributed by atoms with Crippen molar-refractivity contribution in [3.05, 3.63) is 24.3 Å². The molecule has 1 aromatic rings. The number of aromatic hydroxyl groups is 1. The van der Waals surface area contributed by atoms with Crippen molar-refractivity contribution in [1.29, 1.82) is 0 Å². The Hall–Kier alpha value is -1.96. The molecule has 3 aliphatic heterocycles. The van der Waals surface area contributed by atoms with Crippen LogP contribution in [0.1, 0.15) is 25.7 Å². The van der Waals surface area contributed by atoms with Gasteiger partial charge >= 0.3 is 6.18 Å². The summed E-state index contributed by atoms with van der Waals surface area (Å²) in [4.78, 5) is 8.78. The molecule has 3 fully saturated rings. The Morgan fingerprint density at radius 3 is 2.31 bits per heavy atom. The normalized spacial score (nSPS) is 24.5. The maximum Gasteiger partial charge on any atom is 0.430 e. The molecule has 5 nitrogen and oxygen atoms in total. The van der Waals surface area contributed by atoms with E-state index in [0.29, 0.717) is 0 Å². The summed E-state index contributed by atoms with van der Waals surface area (Å²) >= 11 is 0. The van der Waals surface area contributed by atoms with Crippen LogP contribution >= 0.6 is 0 Å². The van der Waals surface area contributed by atoms with Gasteiger partial charge in [-0.05, 0) is 37.3 Å². The zero-order chi connectivity index (χ0) is 19.2. The van der Waals surface area contributed by atoms with Gasteiger partial charge in [0, 0.05) is 12.5 Å². The summed E-state index contributed by atoms with van der Waals surface area (Å²) in [6.45, 7) is 6.17. The maximum atomic E-state index is 10.5. The van der Waals surface area contributed by atoms with Crippen molar-refractivity contribution >= 4 is 5.97 Å². The summed E-state index contributed by atoms with van der Waals surface area (Å²) in [7, 11) is 0. The van der Waals surface area contributed by atoms with Crippen LogP contribution in [0.3, 0.4) is 0 Å². The lowest BCUT2D eigenvalue weighted by atomic mass is 9.85. The van der Waals surface area contributed by atoms with Gasteiger partial charge in [-0.15, -0.1) is 0 Å². The summed E-state index contributed by atoms with van der Waals surface area (Å²) in [6, 6.07) is 7.07. The molecule has 3 aliphatic rings. The molecule has 0 radical (unpaired) electrons. The largest absolute Gasteiger partial charge is 0.542 e. The zero-order valence-electron chi connectivity index (χ0n) is 14.5. The van der Waals surface area contributed by atoms with Gasteiger partial charge in [-0.2, -0.15) is 13.2 Å². The summed E-state index contributed by atoms with van der Waals surface area (Å²) in [5, 5.41) is 18.2. The van der Waals surface area contributed by atoms with E-state index in [1.54, 1.807) is 12.1 Å². The molecule has 0 amide bonds. The number of nitrogens with zero attached hydrogens (tertiary/aromatic N) is 1. The maximum absolute atomic E-state index is 10.5. The van der Waals surface area contributed by atoms with Crippen molar-refractivity contribution in [2.45, 2.75) is 31.9 Å². The number of rotatable bonds is 5. The number of phenols is 1. The second-order valence-electron chi connectivity index (χ2n) is 6.95. The Morgan fingerprint density at radius 2 is 1.81 bits per heavy atom. The molecule has 1 N–H and O–H groups in total. The first-order valence-electron chi connectivity index (χ1n) is 8.75. The molecule has 1 aromatic carbocycles. The molecule has 8 heteroatoms. The zero-order valence-corrected chi connectivity index (χ0v) is 14.5. The summed E-state index contributed by atoms with van der Waals surface area (Å²) < 4.78 is 38.6. The van der Waals surface area contributed by atoms with E-state index in [-0.39, 0.29) is 5.75 Å². The average molecular weight is 375 g/mol. The van der Waals surface area contributed by atoms with Gasteiger partial charge in [-0.3, -0.25) is 0 Å². The van der Waals surface area contributed by atoms with Gasteiger partial charge < -0.3 is 24.2 Å². The Labute approximate surface area is 150 Å². The van der Waals surface area contributed by atoms with Crippen LogP contribution in [0.15, 0.2) is 24.3 Å². The number of quaternary nitrogens is 1. The van der Waals surface area contributed by atoms with E-state index in [2.05, 4.69) is 0 Å². The molecule has 0 aliphatic carbocycles. The second-order valence-corrected chi connectivity index (χ2v) is 6.95. The monoisotopic (exact) mass is 375 g/mol. The summed E-state index contributed by atoms with van der Waals surface area (Å²) in [5.41, 5.74) is 0. The number of halogens is 3. The third kappa shape index (κ3) is 6.09. The van der Waals surface area contributed by atoms with E-state index in [0.717, 1.165) is 24.7 Å². The van der Waals surface area contributed by atoms with E-state index in [4.69, 9.17) is 14.6 Å². The Morgan fingerprint density at radius 1 is 1.23 bits per heavy atom. The minimum absolute atomic E-state index is 0.275. The van der Waals surface area contributed by atoms with Crippen LogP contribution in [-0.2, 0) is 4.79 Å². The standard InChI is InChI=1S/C16H23NO2.C2HF3O2/c18-15-3-1-4-16(13-15)19-12-2-8-17-9-5-14(6-10-17)7-11-17;3-2(4,5)1(6)7/h1,3-4,13-14H,2,5-12H2;(H,6,7). The third-order valence-corrected chi connectivity index (χ3v) is 5.13. The SMILES string of the molecule is O=C([O-])C(F)(F)F.Oc1cccc(OCCC[N+]23CCC(CC2)CC3)c1. The molecule has 0 unspecified atom stereocenters. The minimum Gasteiger partial charge on any atom is -0.542 e. The molecule has 0 spiro atoms. The molecular formula is C18H24F3NO4. The van der Waals surface area contributed by atoms with Gasteiger partial charge in [0.15, 0.2) is 0 Å². The molecule has 26 heavy (non-hydrogen) atoms. The smallest absolute Gasteiger partial charge is 0.430 e. The van der Waals surface area contributed by atoms with E-state index in [1.807, 2.05) is 12.1 Å². The van der Waals surface area contributed by atoms with Crippen LogP contribution in [0.5, 0.6) is 11.5 Å². The molecule has 3 saturated heterocycles. The predicted molar refractivity (Wildman–Crippen MR) is 86.4 cm³/mol. The second kappa shape index (κ2) is 8.62. The number of hydrogen-bond acceptors (Lipinski definition) is 4. The Balaban J connectivity index is 0.000000298. The topological polar surface area (TPSA) is 69.6 Å². The highest BCUT2D eigenvalue weighted by Crippen LogP contribution is 2.33. The number of aliphatic carboxylic acids is 1. The van der Waals surface area contributed by atoms with Gasteiger partial charge in [-0.1, -0.05) is 6.07 Å². The molecule has 0 aromatic heterocycles. The number of piperidine rings is 3. The quantitative estimate of drug-likeness (QED) is 0.632. The van der Waals surface area contributed by atoms with Gasteiger partial charge in [0.2, 0.25) is 0 Å². The van der Waals surface area contributed by atoms with Crippen LogP contribution in [0, 0.1) is 5.92 Å². The number of phenolic OH excluding ortho intramolecular Hbond substituents is 1. The van der Waals surface area contributed by atoms with Gasteiger partial charge in [0.05, 0.1) is 32.8 Å². The van der Waals surface area contributed by atoms with Gasteiger partial charge in [0.25, 0.3) is 0 Å². The lowest BCUT2D eigenvalue weighted by Gasteiger charge is -2.49. The number of ether oxygens (including phenoxy) is 1. The highest BCUT2D eigenvalue weighted by atomic mass is 19.4. The number of carboxylic acid groups (broad SMARTS) is 1. The number of fused-ring (bicyclic) bond motifs is 3. The molecule has 3 heterocycles. The van der Waals surface area contributed by atoms with Crippen molar-refractivity contribution in [1.82, 2.24) is 0 Å². The highest BCUT2D eigenvalue weighted by molar-refractivity contribution is 5.70. The van der Waals surface area contributed by atoms with Crippen LogP contribution in [0.25, 0.3) is 0 Å². The molecule has 0 saturated carbocycles. The van der Waals surface area contributed by atoms with Crippen LogP contribution in [-0.4, -0.2) is 54.5 Å². The van der Waals surface area contributed by atoms with Crippen LogP contribution in [0.2, 0.25) is 0 Å². The lowest BCUT2D eigenvalue weighted by Crippen LogP contribution is -2.58. The first kappa shape index (κ1) is 20.4. The molecule has 2 bridgehead atoms.